The number of nitrogens with one attached hydrogen (secondary N) is 1. The molecule has 2 aromatic rings. The largest absolute Gasteiger partial charge is 0.497 e. The molecule has 2 rings (SSSR count). The van der Waals surface area contributed by atoms with E-state index in [9.17, 15) is 0 Å². The van der Waals surface area contributed by atoms with Gasteiger partial charge in [-0.25, -0.2) is 0 Å². The zero-order chi connectivity index (χ0) is 13.8. The first-order chi connectivity index (χ1) is 9.12. The van der Waals surface area contributed by atoms with Crippen LogP contribution in [-0.2, 0) is 0 Å². The molecular weight excluding hydrogens is 242 g/mol. The van der Waals surface area contributed by atoms with Gasteiger partial charge in [0.05, 0.1) is 25.6 Å². The maximum absolute atomic E-state index is 5.77. The molecule has 100 valence electrons. The Balaban J connectivity index is 2.29. The van der Waals surface area contributed by atoms with E-state index in [2.05, 4.69) is 5.32 Å². The van der Waals surface area contributed by atoms with E-state index < -0.39 is 0 Å². The fourth-order valence-corrected chi connectivity index (χ4v) is 1.70. The summed E-state index contributed by atoms with van der Waals surface area (Å²) in [6, 6.07) is 10.9. The number of nitrogens with two attached hydrogens (primary N) is 2. The predicted molar refractivity (Wildman–Crippen MR) is 78.1 cm³/mol. The summed E-state index contributed by atoms with van der Waals surface area (Å²) < 4.78 is 10.4. The van der Waals surface area contributed by atoms with Crippen LogP contribution >= 0.6 is 0 Å². The molecule has 0 atom stereocenters. The highest BCUT2D eigenvalue weighted by Crippen LogP contribution is 2.29. The van der Waals surface area contributed by atoms with E-state index in [1.54, 1.807) is 26.4 Å². The van der Waals surface area contributed by atoms with Crippen LogP contribution in [0.4, 0.5) is 22.7 Å². The van der Waals surface area contributed by atoms with Crippen LogP contribution < -0.4 is 26.3 Å². The molecule has 0 amide bonds. The highest BCUT2D eigenvalue weighted by molar-refractivity contribution is 5.73. The van der Waals surface area contributed by atoms with E-state index in [-0.39, 0.29) is 0 Å². The van der Waals surface area contributed by atoms with Crippen molar-refractivity contribution in [1.29, 1.82) is 0 Å². The maximum atomic E-state index is 5.77. The lowest BCUT2D eigenvalue weighted by Crippen LogP contribution is -1.97. The molecule has 0 radical (unpaired) electrons. The second-order valence-electron chi connectivity index (χ2n) is 4.07. The third kappa shape index (κ3) is 3.01. The lowest BCUT2D eigenvalue weighted by atomic mass is 10.2. The zero-order valence-electron chi connectivity index (χ0n) is 10.9. The summed E-state index contributed by atoms with van der Waals surface area (Å²) in [5.74, 6) is 1.43. The molecule has 5 nitrogen and oxygen atoms in total. The van der Waals surface area contributed by atoms with Crippen LogP contribution in [0.25, 0.3) is 0 Å². The zero-order valence-corrected chi connectivity index (χ0v) is 10.9. The summed E-state index contributed by atoms with van der Waals surface area (Å²) in [6.07, 6.45) is 0. The van der Waals surface area contributed by atoms with Crippen molar-refractivity contribution in [2.24, 2.45) is 0 Å². The SMILES string of the molecule is COc1cc(Nc2ccc(N)c(N)c2)cc(OC)c1. The van der Waals surface area contributed by atoms with Crippen LogP contribution in [0.1, 0.15) is 0 Å². The van der Waals surface area contributed by atoms with Gasteiger partial charge in [0.15, 0.2) is 0 Å². The molecule has 19 heavy (non-hydrogen) atoms. The van der Waals surface area contributed by atoms with Gasteiger partial charge in [0.1, 0.15) is 11.5 Å². The van der Waals surface area contributed by atoms with E-state index >= 15 is 0 Å². The number of ether oxygens (including phenoxy) is 2. The molecule has 0 fully saturated rings. The highest BCUT2D eigenvalue weighted by Gasteiger charge is 2.03. The van der Waals surface area contributed by atoms with Gasteiger partial charge in [-0.2, -0.15) is 0 Å². The van der Waals surface area contributed by atoms with Gasteiger partial charge in [-0.05, 0) is 18.2 Å². The number of anilines is 4. The molecule has 0 aromatic heterocycles. The normalized spacial score (nSPS) is 10.0. The van der Waals surface area contributed by atoms with E-state index in [4.69, 9.17) is 20.9 Å². The lowest BCUT2D eigenvalue weighted by Gasteiger charge is -2.11. The maximum Gasteiger partial charge on any atom is 0.124 e. The first-order valence-corrected chi connectivity index (χ1v) is 5.77. The summed E-state index contributed by atoms with van der Waals surface area (Å²) >= 11 is 0. The minimum Gasteiger partial charge on any atom is -0.497 e. The van der Waals surface area contributed by atoms with Crippen LogP contribution in [0.2, 0.25) is 0 Å². The Kier molecular flexibility index (Phi) is 3.66. The summed E-state index contributed by atoms with van der Waals surface area (Å²) in [5.41, 5.74) is 14.3. The van der Waals surface area contributed by atoms with Crippen LogP contribution in [0.5, 0.6) is 11.5 Å². The van der Waals surface area contributed by atoms with Crippen molar-refractivity contribution in [2.75, 3.05) is 31.0 Å². The molecule has 0 heterocycles. The molecule has 0 saturated carbocycles. The summed E-state index contributed by atoms with van der Waals surface area (Å²) in [4.78, 5) is 0. The minimum atomic E-state index is 0.542. The predicted octanol–water partition coefficient (Wildman–Crippen LogP) is 2.61. The van der Waals surface area contributed by atoms with Crippen molar-refractivity contribution in [1.82, 2.24) is 0 Å². The van der Waals surface area contributed by atoms with E-state index in [1.807, 2.05) is 24.3 Å². The first-order valence-electron chi connectivity index (χ1n) is 5.77. The molecule has 5 N–H and O–H groups in total. The smallest absolute Gasteiger partial charge is 0.124 e. The number of hydrogen-bond acceptors (Lipinski definition) is 5. The molecule has 0 unspecified atom stereocenters. The Morgan fingerprint density at radius 2 is 1.42 bits per heavy atom. The van der Waals surface area contributed by atoms with Gasteiger partial charge in [-0.3, -0.25) is 0 Å². The molecule has 0 spiro atoms. The first kappa shape index (κ1) is 12.9. The van der Waals surface area contributed by atoms with Gasteiger partial charge in [-0.1, -0.05) is 0 Å². The van der Waals surface area contributed by atoms with Crippen molar-refractivity contribution in [3.8, 4) is 11.5 Å². The van der Waals surface area contributed by atoms with Crippen LogP contribution in [0.3, 0.4) is 0 Å². The van der Waals surface area contributed by atoms with E-state index in [0.29, 0.717) is 22.9 Å². The highest BCUT2D eigenvalue weighted by atomic mass is 16.5. The van der Waals surface area contributed by atoms with Crippen LogP contribution in [-0.4, -0.2) is 14.2 Å². The Labute approximate surface area is 112 Å². The quantitative estimate of drug-likeness (QED) is 0.735. The van der Waals surface area contributed by atoms with Crippen molar-refractivity contribution < 1.29 is 9.47 Å². The van der Waals surface area contributed by atoms with Gasteiger partial charge in [0.25, 0.3) is 0 Å². The lowest BCUT2D eigenvalue weighted by molar-refractivity contribution is 0.395. The van der Waals surface area contributed by atoms with E-state index in [0.717, 1.165) is 11.4 Å². The average Bonchev–Trinajstić information content (AvgIpc) is 2.42. The molecule has 2 aromatic carbocycles. The second kappa shape index (κ2) is 5.39. The summed E-state index contributed by atoms with van der Waals surface area (Å²) in [6.45, 7) is 0. The molecule has 0 aliphatic carbocycles. The number of methoxy groups -OCH3 is 2. The summed E-state index contributed by atoms with van der Waals surface area (Å²) in [7, 11) is 3.22. The Morgan fingerprint density at radius 3 is 1.95 bits per heavy atom. The van der Waals surface area contributed by atoms with Crippen molar-refractivity contribution in [2.45, 2.75) is 0 Å². The fraction of sp³-hybridized carbons (Fsp3) is 0.143. The Morgan fingerprint density at radius 1 is 0.789 bits per heavy atom. The molecule has 0 bridgehead atoms. The van der Waals surface area contributed by atoms with Crippen molar-refractivity contribution in [3.05, 3.63) is 36.4 Å². The molecule has 0 aliphatic heterocycles. The number of rotatable bonds is 4. The topological polar surface area (TPSA) is 82.5 Å². The van der Waals surface area contributed by atoms with Gasteiger partial charge < -0.3 is 26.3 Å². The Bertz CT molecular complexity index is 563. The molecule has 5 heteroatoms. The standard InChI is InChI=1S/C14H17N3O2/c1-18-11-5-10(6-12(8-11)19-2)17-9-3-4-13(15)14(16)7-9/h3-8,17H,15-16H2,1-2H3. The molecule has 0 aliphatic rings. The van der Waals surface area contributed by atoms with Gasteiger partial charge >= 0.3 is 0 Å². The van der Waals surface area contributed by atoms with Crippen LogP contribution in [0, 0.1) is 0 Å². The van der Waals surface area contributed by atoms with Crippen molar-refractivity contribution in [3.63, 3.8) is 0 Å². The Hall–Kier alpha value is -2.56. The number of nitrogen functional groups attached to an aromatic ring is 2. The van der Waals surface area contributed by atoms with E-state index in [1.165, 1.54) is 0 Å². The van der Waals surface area contributed by atoms with Gasteiger partial charge in [-0.15, -0.1) is 0 Å². The fourth-order valence-electron chi connectivity index (χ4n) is 1.70. The third-order valence-corrected chi connectivity index (χ3v) is 2.73. The summed E-state index contributed by atoms with van der Waals surface area (Å²) in [5, 5.41) is 3.23. The average molecular weight is 259 g/mol. The number of hydrogen-bond donors (Lipinski definition) is 3. The van der Waals surface area contributed by atoms with Gasteiger partial charge in [0.2, 0.25) is 0 Å². The van der Waals surface area contributed by atoms with Crippen LogP contribution in [0.15, 0.2) is 36.4 Å². The third-order valence-electron chi connectivity index (χ3n) is 2.73. The monoisotopic (exact) mass is 259 g/mol. The second-order valence-corrected chi connectivity index (χ2v) is 4.07. The molecular formula is C14H17N3O2. The van der Waals surface area contributed by atoms with Crippen molar-refractivity contribution >= 4 is 22.7 Å². The number of benzene rings is 2. The van der Waals surface area contributed by atoms with Gasteiger partial charge in [0, 0.05) is 29.6 Å². The minimum absolute atomic E-state index is 0.542. The molecule has 0 saturated heterocycles.